The van der Waals surface area contributed by atoms with E-state index in [0.717, 1.165) is 75.3 Å². The minimum Gasteiger partial charge on any atom is -0.466 e. The molecule has 0 N–H and O–H groups in total. The van der Waals surface area contributed by atoms with Crippen molar-refractivity contribution >= 4 is 5.97 Å². The summed E-state index contributed by atoms with van der Waals surface area (Å²) in [6.07, 6.45) is 47.4. The molecule has 5 aliphatic heterocycles. The van der Waals surface area contributed by atoms with Gasteiger partial charge in [-0.05, 0) is 187 Å². The van der Waals surface area contributed by atoms with Gasteiger partial charge in [0.05, 0.1) is 71.0 Å². The van der Waals surface area contributed by atoms with E-state index in [0.29, 0.717) is 53.9 Å². The van der Waals surface area contributed by atoms with Crippen molar-refractivity contribution in [2.75, 3.05) is 33.0 Å². The summed E-state index contributed by atoms with van der Waals surface area (Å²) in [6, 6.07) is 0. The van der Waals surface area contributed by atoms with Gasteiger partial charge in [-0.2, -0.15) is 0 Å². The first-order valence-corrected chi connectivity index (χ1v) is 33.3. The molecule has 5 heterocycles. The molecule has 0 spiro atoms. The molecule has 0 amide bonds. The quantitative estimate of drug-likeness (QED) is 0.0430. The maximum atomic E-state index is 11.4. The molecule has 9 nitrogen and oxygen atoms in total. The number of unbranched alkanes of at least 4 members (excludes halogenated alkanes) is 11. The maximum Gasteiger partial charge on any atom is 0.309 e. The van der Waals surface area contributed by atoms with Crippen molar-refractivity contribution in [3.05, 3.63) is 0 Å². The highest BCUT2D eigenvalue weighted by Crippen LogP contribution is 2.53. The fourth-order valence-corrected chi connectivity index (χ4v) is 14.0. The molecule has 0 radical (unpaired) electrons. The third-order valence-corrected chi connectivity index (χ3v) is 20.7. The molecule has 444 valence electrons. The van der Waals surface area contributed by atoms with E-state index in [-0.39, 0.29) is 23.1 Å². The van der Waals surface area contributed by atoms with Crippen molar-refractivity contribution in [2.24, 2.45) is 35.5 Å². The lowest BCUT2D eigenvalue weighted by Gasteiger charge is -2.27. The van der Waals surface area contributed by atoms with Gasteiger partial charge in [0.25, 0.3) is 0 Å². The molecule has 16 atom stereocenters. The summed E-state index contributed by atoms with van der Waals surface area (Å²) < 4.78 is 44.7. The number of esters is 1. The van der Waals surface area contributed by atoms with Crippen molar-refractivity contribution in [1.82, 2.24) is 0 Å². The second-order valence-electron chi connectivity index (χ2n) is 27.5. The zero-order valence-electron chi connectivity index (χ0n) is 51.6. The van der Waals surface area contributed by atoms with Gasteiger partial charge in [0.1, 0.15) is 0 Å². The second-order valence-corrected chi connectivity index (χ2v) is 27.5. The molecule has 9 heteroatoms. The largest absolute Gasteiger partial charge is 0.466 e. The molecule has 10 rings (SSSR count). The Kier molecular flexibility index (Phi) is 26.7. The van der Waals surface area contributed by atoms with Gasteiger partial charge in [0, 0.05) is 26.4 Å². The molecule has 5 aliphatic carbocycles. The van der Waals surface area contributed by atoms with Crippen molar-refractivity contribution in [2.45, 2.75) is 353 Å². The van der Waals surface area contributed by atoms with Gasteiger partial charge in [0.2, 0.25) is 0 Å². The average Bonchev–Trinajstić information content (AvgIpc) is 4.22. The number of hydrogen-bond acceptors (Lipinski definition) is 9. The van der Waals surface area contributed by atoms with E-state index < -0.39 is 0 Å². The lowest BCUT2D eigenvalue weighted by atomic mass is 9.75. The van der Waals surface area contributed by atoms with Crippen LogP contribution in [0.25, 0.3) is 0 Å². The van der Waals surface area contributed by atoms with E-state index in [9.17, 15) is 4.79 Å². The van der Waals surface area contributed by atoms with Crippen LogP contribution in [0.1, 0.15) is 294 Å². The van der Waals surface area contributed by atoms with Crippen LogP contribution in [0, 0.1) is 35.5 Å². The van der Waals surface area contributed by atoms with Crippen LogP contribution < -0.4 is 0 Å². The molecule has 76 heavy (non-hydrogen) atoms. The van der Waals surface area contributed by atoms with E-state index in [1.54, 1.807) is 0 Å². The molecule has 10 aliphatic rings. The van der Waals surface area contributed by atoms with E-state index in [4.69, 9.17) is 37.9 Å². The predicted molar refractivity (Wildman–Crippen MR) is 311 cm³/mol. The number of hydrogen-bond donors (Lipinski definition) is 0. The minimum atomic E-state index is -0.0416. The molecule has 0 bridgehead atoms. The van der Waals surface area contributed by atoms with E-state index in [2.05, 4.69) is 69.2 Å². The van der Waals surface area contributed by atoms with Crippen molar-refractivity contribution < 1.29 is 42.7 Å². The standard InChI is InChI=1S/C16H30O.C15H28O2.C14H26O.C12H22O2.C10H16O3/c1-3-4-5-6-7-8-9-10-14-11-12-16(2)15(13-14)17-16;1-3-4-10-16-11-6-5-7-13-8-9-15(2)14(12-13)17-15;1-4-5-6-7-11(2)12-8-9-14(3)13(10-12)15-14;1-3-4-7-13-9-10-5-6-12(2)11(8-10)14-12;1-3-12-9(11)7-4-5-10(2)8(6-7)13-10/h14-15H,3-13H2,1-2H3;13-14H,3-12H2,1-2H3;11-13H,4-10H2,1-3H3;10-11H,3-9H2,1-2H3;7-8H,3-6H2,1-2H3. The minimum absolute atomic E-state index is 0.0416. The summed E-state index contributed by atoms with van der Waals surface area (Å²) >= 11 is 0. The second kappa shape index (κ2) is 31.6. The molecule has 5 saturated carbocycles. The van der Waals surface area contributed by atoms with Gasteiger partial charge < -0.3 is 37.9 Å². The van der Waals surface area contributed by atoms with E-state index in [1.165, 1.54) is 199 Å². The van der Waals surface area contributed by atoms with E-state index >= 15 is 0 Å². The number of carbonyl (C=O) groups excluding carboxylic acids is 1. The summed E-state index contributed by atoms with van der Waals surface area (Å²) in [6.45, 7) is 28.8. The van der Waals surface area contributed by atoms with Crippen molar-refractivity contribution in [3.8, 4) is 0 Å². The smallest absolute Gasteiger partial charge is 0.309 e. The summed E-state index contributed by atoms with van der Waals surface area (Å²) in [5.74, 6) is 4.57. The molecule has 0 aromatic carbocycles. The van der Waals surface area contributed by atoms with E-state index in [1.807, 2.05) is 6.92 Å². The molecule has 5 saturated heterocycles. The van der Waals surface area contributed by atoms with Crippen LogP contribution in [0.15, 0.2) is 0 Å². The number of rotatable bonds is 28. The van der Waals surface area contributed by atoms with Crippen LogP contribution in [-0.2, 0) is 42.7 Å². The van der Waals surface area contributed by atoms with Gasteiger partial charge in [-0.1, -0.05) is 137 Å². The highest BCUT2D eigenvalue weighted by Gasteiger charge is 2.58. The highest BCUT2D eigenvalue weighted by molar-refractivity contribution is 5.72. The lowest BCUT2D eigenvalue weighted by molar-refractivity contribution is -0.149. The molecular formula is C67H122O9. The summed E-state index contributed by atoms with van der Waals surface area (Å²) in [5, 5.41) is 0. The number of carbonyl (C=O) groups is 1. The van der Waals surface area contributed by atoms with Crippen molar-refractivity contribution in [3.63, 3.8) is 0 Å². The third-order valence-electron chi connectivity index (χ3n) is 20.7. The van der Waals surface area contributed by atoms with Crippen LogP contribution in [0.2, 0.25) is 0 Å². The number of ether oxygens (including phenoxy) is 8. The highest BCUT2D eigenvalue weighted by atomic mass is 16.6. The first kappa shape index (κ1) is 64.4. The third kappa shape index (κ3) is 21.2. The zero-order chi connectivity index (χ0) is 54.7. The first-order valence-electron chi connectivity index (χ1n) is 33.3. The van der Waals surface area contributed by atoms with Gasteiger partial charge in [-0.15, -0.1) is 0 Å². The molecule has 0 aromatic rings. The van der Waals surface area contributed by atoms with Crippen LogP contribution in [0.5, 0.6) is 0 Å². The summed E-state index contributed by atoms with van der Waals surface area (Å²) in [7, 11) is 0. The van der Waals surface area contributed by atoms with Crippen LogP contribution in [-0.4, -0.2) is 97.5 Å². The monoisotopic (exact) mass is 1070 g/mol. The lowest BCUT2D eigenvalue weighted by Crippen LogP contribution is -2.27. The molecule has 10 fully saturated rings. The topological polar surface area (TPSA) is 107 Å². The van der Waals surface area contributed by atoms with Crippen molar-refractivity contribution in [1.29, 1.82) is 0 Å². The Balaban J connectivity index is 0.000000155. The fourth-order valence-electron chi connectivity index (χ4n) is 14.0. The van der Waals surface area contributed by atoms with Crippen LogP contribution >= 0.6 is 0 Å². The normalized spacial score (nSPS) is 38.8. The molecule has 16 unspecified atom stereocenters. The Bertz CT molecular complexity index is 1580. The predicted octanol–water partition coefficient (Wildman–Crippen LogP) is 17.4. The fraction of sp³-hybridized carbons (Fsp3) is 0.985. The Labute approximate surface area is 468 Å². The number of epoxide rings is 5. The summed E-state index contributed by atoms with van der Waals surface area (Å²) in [4.78, 5) is 11.4. The van der Waals surface area contributed by atoms with Gasteiger partial charge in [-0.3, -0.25) is 4.79 Å². The summed E-state index contributed by atoms with van der Waals surface area (Å²) in [5.41, 5.74) is 1.28. The van der Waals surface area contributed by atoms with Crippen LogP contribution in [0.4, 0.5) is 0 Å². The Morgan fingerprint density at radius 1 is 0.447 bits per heavy atom. The SMILES string of the molecule is CCCCCC(C)C1CCC2(C)OC2C1.CCCCCCCCCC1CCC2(C)OC2C1.CCCCOCC1CCC2(C)OC2C1.CCCCOCCCCC1CCC2(C)OC2C1.CCOC(=O)C1CCC2(C)OC2C1. The average molecular weight is 1070 g/mol. The maximum absolute atomic E-state index is 11.4. The van der Waals surface area contributed by atoms with Gasteiger partial charge in [-0.25, -0.2) is 0 Å². The van der Waals surface area contributed by atoms with Gasteiger partial charge in [0.15, 0.2) is 0 Å². The Hall–Kier alpha value is -0.810. The van der Waals surface area contributed by atoms with Crippen LogP contribution in [0.3, 0.4) is 0 Å². The molecular weight excluding hydrogens is 949 g/mol. The Morgan fingerprint density at radius 3 is 1.36 bits per heavy atom. The molecule has 0 aromatic heterocycles. The van der Waals surface area contributed by atoms with Gasteiger partial charge >= 0.3 is 5.97 Å². The zero-order valence-corrected chi connectivity index (χ0v) is 51.6. The number of fused-ring (bicyclic) bond motifs is 5. The first-order chi connectivity index (χ1) is 36.5. The Morgan fingerprint density at radius 2 is 0.855 bits per heavy atom.